The minimum Gasteiger partial charge on any atom is -0.344 e. The van der Waals surface area contributed by atoms with Gasteiger partial charge in [0.1, 0.15) is 0 Å². The molecule has 0 unspecified atom stereocenters. The smallest absolute Gasteiger partial charge is 0.0669 e. The Hall–Kier alpha value is -1.33. The summed E-state index contributed by atoms with van der Waals surface area (Å²) in [5, 5.41) is 8.27. The minimum absolute atomic E-state index is 0. The maximum atomic E-state index is 8.27. The third-order valence-electron chi connectivity index (χ3n) is 1.13. The highest BCUT2D eigenvalue weighted by Gasteiger charge is 1.84. The van der Waals surface area contributed by atoms with E-state index in [9.17, 15) is 0 Å². The summed E-state index contributed by atoms with van der Waals surface area (Å²) in [6, 6.07) is 11.8. The van der Waals surface area contributed by atoms with E-state index < -0.39 is 0 Å². The van der Waals surface area contributed by atoms with E-state index in [2.05, 4.69) is 6.07 Å². The van der Waals surface area contributed by atoms with Gasteiger partial charge < -0.3 is 6.15 Å². The van der Waals surface area contributed by atoms with Crippen LogP contribution in [0.3, 0.4) is 0 Å². The SMILES string of the molecule is N.N#CCc1ccccc1. The lowest BCUT2D eigenvalue weighted by Gasteiger charge is -1.88. The number of hydrogen-bond acceptors (Lipinski definition) is 2. The second kappa shape index (κ2) is 4.54. The third-order valence-corrected chi connectivity index (χ3v) is 1.13. The fraction of sp³-hybridized carbons (Fsp3) is 0.125. The summed E-state index contributed by atoms with van der Waals surface area (Å²) in [7, 11) is 0. The Kier molecular flexibility index (Phi) is 3.94. The molecule has 0 saturated carbocycles. The van der Waals surface area contributed by atoms with Gasteiger partial charge in [0.15, 0.2) is 0 Å². The average molecular weight is 134 g/mol. The summed E-state index contributed by atoms with van der Waals surface area (Å²) in [5.74, 6) is 0. The van der Waals surface area contributed by atoms with Crippen LogP contribution in [0.4, 0.5) is 0 Å². The normalized spacial score (nSPS) is 7.50. The number of rotatable bonds is 1. The van der Waals surface area contributed by atoms with E-state index in [0.717, 1.165) is 5.56 Å². The van der Waals surface area contributed by atoms with Gasteiger partial charge in [0.05, 0.1) is 12.5 Å². The Morgan fingerprint density at radius 2 is 1.80 bits per heavy atom. The molecule has 0 heterocycles. The lowest BCUT2D eigenvalue weighted by Crippen LogP contribution is -1.76. The van der Waals surface area contributed by atoms with Gasteiger partial charge in [-0.1, -0.05) is 30.3 Å². The predicted octanol–water partition coefficient (Wildman–Crippen LogP) is 1.91. The molecule has 0 atom stereocenters. The summed E-state index contributed by atoms with van der Waals surface area (Å²) in [6.07, 6.45) is 0.515. The van der Waals surface area contributed by atoms with Gasteiger partial charge in [-0.25, -0.2) is 0 Å². The molecular formula is C8H10N2. The lowest BCUT2D eigenvalue weighted by atomic mass is 10.2. The zero-order valence-electron chi connectivity index (χ0n) is 5.75. The highest BCUT2D eigenvalue weighted by Crippen LogP contribution is 1.96. The molecule has 52 valence electrons. The zero-order valence-corrected chi connectivity index (χ0v) is 5.75. The molecule has 0 aliphatic carbocycles. The molecule has 0 aromatic heterocycles. The molecule has 2 heteroatoms. The van der Waals surface area contributed by atoms with Crippen LogP contribution < -0.4 is 6.15 Å². The van der Waals surface area contributed by atoms with Crippen molar-refractivity contribution in [2.45, 2.75) is 6.42 Å². The first-order valence-corrected chi connectivity index (χ1v) is 2.84. The molecule has 0 aliphatic rings. The summed E-state index contributed by atoms with van der Waals surface area (Å²) in [4.78, 5) is 0. The van der Waals surface area contributed by atoms with Gasteiger partial charge in [-0.15, -0.1) is 0 Å². The van der Waals surface area contributed by atoms with Crippen LogP contribution in [0.1, 0.15) is 5.56 Å². The summed E-state index contributed by atoms with van der Waals surface area (Å²) < 4.78 is 0. The highest BCUT2D eigenvalue weighted by atomic mass is 14.2. The van der Waals surface area contributed by atoms with E-state index in [1.807, 2.05) is 30.3 Å². The number of benzene rings is 1. The Bertz CT molecular complexity index is 210. The quantitative estimate of drug-likeness (QED) is 0.637. The van der Waals surface area contributed by atoms with Crippen molar-refractivity contribution in [1.82, 2.24) is 6.15 Å². The molecule has 0 fully saturated rings. The third kappa shape index (κ3) is 2.29. The van der Waals surface area contributed by atoms with Gasteiger partial charge in [0.2, 0.25) is 0 Å². The van der Waals surface area contributed by atoms with Crippen molar-refractivity contribution in [3.05, 3.63) is 35.9 Å². The number of nitrogens with zero attached hydrogens (tertiary/aromatic N) is 1. The first kappa shape index (κ1) is 8.67. The minimum atomic E-state index is 0. The second-order valence-electron chi connectivity index (χ2n) is 1.82. The molecular weight excluding hydrogens is 124 g/mol. The van der Waals surface area contributed by atoms with Crippen LogP contribution in [0.5, 0.6) is 0 Å². The Morgan fingerprint density at radius 1 is 1.20 bits per heavy atom. The molecule has 0 radical (unpaired) electrons. The van der Waals surface area contributed by atoms with E-state index in [1.165, 1.54) is 0 Å². The molecule has 0 aliphatic heterocycles. The molecule has 0 bridgehead atoms. The first-order chi connectivity index (χ1) is 4.43. The number of nitriles is 1. The van der Waals surface area contributed by atoms with Crippen LogP contribution in [0, 0.1) is 11.3 Å². The molecule has 0 spiro atoms. The van der Waals surface area contributed by atoms with Crippen molar-refractivity contribution >= 4 is 0 Å². The Balaban J connectivity index is 0.000000810. The highest BCUT2D eigenvalue weighted by molar-refractivity contribution is 5.17. The van der Waals surface area contributed by atoms with Crippen molar-refractivity contribution in [2.75, 3.05) is 0 Å². The van der Waals surface area contributed by atoms with Crippen molar-refractivity contribution < 1.29 is 0 Å². The molecule has 10 heavy (non-hydrogen) atoms. The van der Waals surface area contributed by atoms with E-state index in [-0.39, 0.29) is 6.15 Å². The van der Waals surface area contributed by atoms with Crippen LogP contribution >= 0.6 is 0 Å². The summed E-state index contributed by atoms with van der Waals surface area (Å²) in [6.45, 7) is 0. The van der Waals surface area contributed by atoms with Crippen LogP contribution in [0.25, 0.3) is 0 Å². The Labute approximate surface area is 60.7 Å². The molecule has 3 N–H and O–H groups in total. The predicted molar refractivity (Wildman–Crippen MR) is 40.8 cm³/mol. The fourth-order valence-corrected chi connectivity index (χ4v) is 0.687. The maximum absolute atomic E-state index is 8.27. The van der Waals surface area contributed by atoms with Gasteiger partial charge in [0, 0.05) is 0 Å². The molecule has 1 aromatic rings. The largest absolute Gasteiger partial charge is 0.344 e. The van der Waals surface area contributed by atoms with Gasteiger partial charge in [-0.3, -0.25) is 0 Å². The van der Waals surface area contributed by atoms with Crippen molar-refractivity contribution in [3.63, 3.8) is 0 Å². The van der Waals surface area contributed by atoms with Gasteiger partial charge in [-0.2, -0.15) is 5.26 Å². The molecule has 0 amide bonds. The number of hydrogen-bond donors (Lipinski definition) is 1. The van der Waals surface area contributed by atoms with Gasteiger partial charge >= 0.3 is 0 Å². The topological polar surface area (TPSA) is 58.8 Å². The van der Waals surface area contributed by atoms with E-state index in [4.69, 9.17) is 5.26 Å². The molecule has 0 saturated heterocycles. The van der Waals surface area contributed by atoms with Gasteiger partial charge in [-0.05, 0) is 5.56 Å². The van der Waals surface area contributed by atoms with Crippen molar-refractivity contribution in [2.24, 2.45) is 0 Å². The van der Waals surface area contributed by atoms with Crippen LogP contribution in [0.2, 0.25) is 0 Å². The molecule has 1 rings (SSSR count). The second-order valence-corrected chi connectivity index (χ2v) is 1.82. The summed E-state index contributed by atoms with van der Waals surface area (Å²) in [5.41, 5.74) is 1.08. The van der Waals surface area contributed by atoms with Crippen LogP contribution in [0.15, 0.2) is 30.3 Å². The fourth-order valence-electron chi connectivity index (χ4n) is 0.687. The average Bonchev–Trinajstić information content (AvgIpc) is 1.91. The molecule has 1 aromatic carbocycles. The van der Waals surface area contributed by atoms with E-state index >= 15 is 0 Å². The van der Waals surface area contributed by atoms with Crippen LogP contribution in [-0.2, 0) is 6.42 Å². The van der Waals surface area contributed by atoms with E-state index in [1.54, 1.807) is 0 Å². The van der Waals surface area contributed by atoms with Crippen molar-refractivity contribution in [3.8, 4) is 6.07 Å². The summed E-state index contributed by atoms with van der Waals surface area (Å²) >= 11 is 0. The van der Waals surface area contributed by atoms with Crippen LogP contribution in [-0.4, -0.2) is 0 Å². The maximum Gasteiger partial charge on any atom is 0.0669 e. The lowest BCUT2D eigenvalue weighted by molar-refractivity contribution is 1.26. The Morgan fingerprint density at radius 3 is 2.30 bits per heavy atom. The van der Waals surface area contributed by atoms with Gasteiger partial charge in [0.25, 0.3) is 0 Å². The molecule has 2 nitrogen and oxygen atoms in total. The zero-order chi connectivity index (χ0) is 6.53. The monoisotopic (exact) mass is 134 g/mol. The van der Waals surface area contributed by atoms with Crippen molar-refractivity contribution in [1.29, 1.82) is 5.26 Å². The van der Waals surface area contributed by atoms with E-state index in [0.29, 0.717) is 6.42 Å². The standard InChI is InChI=1S/C8H7N.H3N/c9-7-6-8-4-2-1-3-5-8;/h1-5H,6H2;1H3. The first-order valence-electron chi connectivity index (χ1n) is 2.84.